The Hall–Kier alpha value is -2.63. The van der Waals surface area contributed by atoms with Crippen molar-refractivity contribution in [1.29, 1.82) is 0 Å². The second-order valence-corrected chi connectivity index (χ2v) is 10.5. The molecule has 0 atom stereocenters. The summed E-state index contributed by atoms with van der Waals surface area (Å²) >= 11 is 3.23. The molecule has 11 heteroatoms. The van der Waals surface area contributed by atoms with E-state index in [1.807, 2.05) is 0 Å². The Kier molecular flexibility index (Phi) is 6.87. The van der Waals surface area contributed by atoms with E-state index in [1.54, 1.807) is 13.0 Å². The normalized spacial score (nSPS) is 11.7. The van der Waals surface area contributed by atoms with Gasteiger partial charge in [0.1, 0.15) is 16.5 Å². The van der Waals surface area contributed by atoms with Gasteiger partial charge in [-0.25, -0.2) is 21.2 Å². The number of para-hydroxylation sites is 1. The van der Waals surface area contributed by atoms with Crippen LogP contribution in [-0.2, 0) is 20.0 Å². The highest BCUT2D eigenvalue weighted by Crippen LogP contribution is 2.30. The Balaban J connectivity index is 1.92. The third kappa shape index (κ3) is 5.54. The highest BCUT2D eigenvalue weighted by molar-refractivity contribution is 9.10. The second-order valence-electron chi connectivity index (χ2n) is 6.24. The van der Waals surface area contributed by atoms with Crippen LogP contribution in [-0.4, -0.2) is 23.4 Å². The lowest BCUT2D eigenvalue weighted by atomic mass is 10.3. The van der Waals surface area contributed by atoms with E-state index in [1.165, 1.54) is 48.5 Å². The highest BCUT2D eigenvalue weighted by Gasteiger charge is 2.22. The van der Waals surface area contributed by atoms with Crippen LogP contribution in [0.4, 0.5) is 15.8 Å². The Morgan fingerprint density at radius 2 is 1.65 bits per heavy atom. The molecular weight excluding hydrogens is 511 g/mol. The van der Waals surface area contributed by atoms with Gasteiger partial charge in [0.15, 0.2) is 0 Å². The van der Waals surface area contributed by atoms with E-state index in [0.717, 1.165) is 12.1 Å². The van der Waals surface area contributed by atoms with Crippen molar-refractivity contribution in [2.24, 2.45) is 0 Å². The molecule has 0 aliphatic heterocycles. The number of nitrogens with one attached hydrogen (secondary N) is 2. The average molecular weight is 529 g/mol. The number of ether oxygens (including phenoxy) is 1. The predicted octanol–water partition coefficient (Wildman–Crippen LogP) is 4.59. The van der Waals surface area contributed by atoms with Crippen molar-refractivity contribution in [3.8, 4) is 5.75 Å². The number of hydrogen-bond acceptors (Lipinski definition) is 5. The Bertz CT molecular complexity index is 1310. The molecule has 0 unspecified atom stereocenters. The summed E-state index contributed by atoms with van der Waals surface area (Å²) in [6.07, 6.45) is 0. The molecule has 0 aliphatic carbocycles. The minimum Gasteiger partial charge on any atom is -0.492 e. The molecule has 3 rings (SSSR count). The van der Waals surface area contributed by atoms with Crippen LogP contribution in [0.2, 0.25) is 0 Å². The zero-order chi connectivity index (χ0) is 22.6. The second kappa shape index (κ2) is 9.25. The molecule has 31 heavy (non-hydrogen) atoms. The van der Waals surface area contributed by atoms with Crippen molar-refractivity contribution < 1.29 is 26.0 Å². The summed E-state index contributed by atoms with van der Waals surface area (Å²) in [5, 5.41) is 0. The summed E-state index contributed by atoms with van der Waals surface area (Å²) in [7, 11) is -8.26. The van der Waals surface area contributed by atoms with Crippen molar-refractivity contribution >= 4 is 47.4 Å². The van der Waals surface area contributed by atoms with Gasteiger partial charge in [-0.2, -0.15) is 0 Å². The zero-order valence-corrected chi connectivity index (χ0v) is 19.4. The molecule has 3 aromatic rings. The standard InChI is InChI=1S/C20H18BrFN2O5S2/c1-2-29-19-11-10-14(21)12-20(19)31(27,28)23-15-6-5-7-16(13-15)30(25,26)24-18-9-4-3-8-17(18)22/h3-13,23-24H,2H2,1H3. The zero-order valence-electron chi connectivity index (χ0n) is 16.2. The van der Waals surface area contributed by atoms with E-state index in [2.05, 4.69) is 25.4 Å². The summed E-state index contributed by atoms with van der Waals surface area (Å²) < 4.78 is 75.4. The molecule has 0 saturated heterocycles. The van der Waals surface area contributed by atoms with Gasteiger partial charge >= 0.3 is 0 Å². The van der Waals surface area contributed by atoms with Gasteiger partial charge in [0.05, 0.1) is 22.9 Å². The molecule has 0 aliphatic rings. The van der Waals surface area contributed by atoms with Crippen molar-refractivity contribution in [3.63, 3.8) is 0 Å². The van der Waals surface area contributed by atoms with E-state index < -0.39 is 25.9 Å². The first-order valence-electron chi connectivity index (χ1n) is 8.95. The minimum absolute atomic E-state index is 0.0128. The fourth-order valence-corrected chi connectivity index (χ4v) is 5.50. The third-order valence-electron chi connectivity index (χ3n) is 4.01. The van der Waals surface area contributed by atoms with E-state index in [-0.39, 0.29) is 33.5 Å². The number of hydrogen-bond donors (Lipinski definition) is 2. The molecule has 0 spiro atoms. The van der Waals surface area contributed by atoms with E-state index in [0.29, 0.717) is 4.47 Å². The van der Waals surface area contributed by atoms with Gasteiger partial charge in [0.25, 0.3) is 20.0 Å². The first kappa shape index (κ1) is 23.0. The first-order valence-corrected chi connectivity index (χ1v) is 12.7. The molecule has 0 fully saturated rings. The summed E-state index contributed by atoms with van der Waals surface area (Å²) in [6, 6.07) is 15.0. The largest absolute Gasteiger partial charge is 0.492 e. The van der Waals surface area contributed by atoms with E-state index in [9.17, 15) is 21.2 Å². The molecule has 0 saturated carbocycles. The van der Waals surface area contributed by atoms with E-state index in [4.69, 9.17) is 4.74 Å². The number of benzene rings is 3. The number of anilines is 2. The minimum atomic E-state index is -4.16. The molecule has 164 valence electrons. The SMILES string of the molecule is CCOc1ccc(Br)cc1S(=O)(=O)Nc1cccc(S(=O)(=O)Nc2ccccc2F)c1. The molecule has 0 radical (unpaired) electrons. The van der Waals surface area contributed by atoms with Gasteiger partial charge in [-0.15, -0.1) is 0 Å². The van der Waals surface area contributed by atoms with Gasteiger partial charge in [-0.1, -0.05) is 34.1 Å². The van der Waals surface area contributed by atoms with Crippen LogP contribution < -0.4 is 14.2 Å². The summed E-state index contributed by atoms with van der Waals surface area (Å²) in [5.41, 5.74) is -0.206. The van der Waals surface area contributed by atoms with Gasteiger partial charge in [0, 0.05) is 4.47 Å². The first-order chi connectivity index (χ1) is 14.6. The Morgan fingerprint density at radius 3 is 2.35 bits per heavy atom. The van der Waals surface area contributed by atoms with Gasteiger partial charge in [0.2, 0.25) is 0 Å². The van der Waals surface area contributed by atoms with Crippen LogP contribution in [0.15, 0.2) is 81.0 Å². The maximum Gasteiger partial charge on any atom is 0.265 e. The van der Waals surface area contributed by atoms with Gasteiger partial charge < -0.3 is 4.74 Å². The molecule has 2 N–H and O–H groups in total. The average Bonchev–Trinajstić information content (AvgIpc) is 2.71. The third-order valence-corrected chi connectivity index (χ3v) is 7.27. The Morgan fingerprint density at radius 1 is 0.903 bits per heavy atom. The van der Waals surface area contributed by atoms with Gasteiger partial charge in [-0.05, 0) is 55.5 Å². The maximum absolute atomic E-state index is 13.8. The highest BCUT2D eigenvalue weighted by atomic mass is 79.9. The van der Waals surface area contributed by atoms with Crippen LogP contribution in [0.5, 0.6) is 5.75 Å². The van der Waals surface area contributed by atoms with Crippen LogP contribution in [0.1, 0.15) is 6.92 Å². The Labute approximate surface area is 188 Å². The maximum atomic E-state index is 13.8. The lowest BCUT2D eigenvalue weighted by Crippen LogP contribution is -2.16. The van der Waals surface area contributed by atoms with Crippen molar-refractivity contribution in [3.05, 3.63) is 77.0 Å². The molecule has 7 nitrogen and oxygen atoms in total. The number of halogens is 2. The van der Waals surface area contributed by atoms with Crippen molar-refractivity contribution in [2.45, 2.75) is 16.7 Å². The quantitative estimate of drug-likeness (QED) is 0.445. The van der Waals surface area contributed by atoms with E-state index >= 15 is 0 Å². The van der Waals surface area contributed by atoms with Gasteiger partial charge in [-0.3, -0.25) is 9.44 Å². The van der Waals surface area contributed by atoms with Crippen molar-refractivity contribution in [2.75, 3.05) is 16.1 Å². The molecule has 0 aromatic heterocycles. The van der Waals surface area contributed by atoms with Crippen molar-refractivity contribution in [1.82, 2.24) is 0 Å². The van der Waals surface area contributed by atoms with Crippen LogP contribution in [0, 0.1) is 5.82 Å². The lowest BCUT2D eigenvalue weighted by Gasteiger charge is -2.14. The monoisotopic (exact) mass is 528 g/mol. The summed E-state index contributed by atoms with van der Waals surface area (Å²) in [5.74, 6) is -0.579. The molecule has 0 amide bonds. The number of sulfonamides is 2. The molecule has 0 heterocycles. The summed E-state index contributed by atoms with van der Waals surface area (Å²) in [4.78, 5) is -0.350. The predicted molar refractivity (Wildman–Crippen MR) is 120 cm³/mol. The summed E-state index contributed by atoms with van der Waals surface area (Å²) in [6.45, 7) is 1.99. The van der Waals surface area contributed by atoms with Crippen LogP contribution >= 0.6 is 15.9 Å². The smallest absolute Gasteiger partial charge is 0.265 e. The topological polar surface area (TPSA) is 102 Å². The molecule has 0 bridgehead atoms. The number of rotatable bonds is 8. The fourth-order valence-electron chi connectivity index (χ4n) is 2.65. The molecule has 3 aromatic carbocycles. The molecular formula is C20H18BrFN2O5S2. The van der Waals surface area contributed by atoms with Crippen LogP contribution in [0.3, 0.4) is 0 Å². The van der Waals surface area contributed by atoms with Crippen LogP contribution in [0.25, 0.3) is 0 Å². The lowest BCUT2D eigenvalue weighted by molar-refractivity contribution is 0.331. The fraction of sp³-hybridized carbons (Fsp3) is 0.100.